The Kier molecular flexibility index (Phi) is 5.25. The Hall–Kier alpha value is -3.27. The number of sulfonamides is 1. The molecule has 10 heteroatoms. The van der Waals surface area contributed by atoms with E-state index in [4.69, 9.17) is 4.74 Å². The molecule has 1 fully saturated rings. The van der Waals surface area contributed by atoms with Crippen LogP contribution >= 0.6 is 0 Å². The molecule has 0 bridgehead atoms. The quantitative estimate of drug-likeness (QED) is 0.742. The average Bonchev–Trinajstić information content (AvgIpc) is 3.31. The Labute approximate surface area is 172 Å². The maximum absolute atomic E-state index is 12.9. The molecule has 30 heavy (non-hydrogen) atoms. The number of esters is 1. The minimum Gasteiger partial charge on any atom is -0.454 e. The predicted octanol–water partition coefficient (Wildman–Crippen LogP) is 1.92. The fourth-order valence-electron chi connectivity index (χ4n) is 3.52. The fraction of sp³-hybridized carbons (Fsp3) is 0.250. The molecule has 2 heterocycles. The van der Waals surface area contributed by atoms with Gasteiger partial charge in [-0.25, -0.2) is 9.18 Å². The molecule has 1 amide bonds. The highest BCUT2D eigenvalue weighted by Crippen LogP contribution is 2.31. The van der Waals surface area contributed by atoms with Crippen molar-refractivity contribution in [1.82, 2.24) is 4.90 Å². The molecule has 156 valence electrons. The van der Waals surface area contributed by atoms with Crippen molar-refractivity contribution in [3.05, 3.63) is 59.9 Å². The lowest BCUT2D eigenvalue weighted by Gasteiger charge is -2.24. The summed E-state index contributed by atoms with van der Waals surface area (Å²) >= 11 is 0. The number of nitrogens with zero attached hydrogens (tertiary/aromatic N) is 2. The van der Waals surface area contributed by atoms with Gasteiger partial charge in [0.2, 0.25) is 0 Å². The van der Waals surface area contributed by atoms with Crippen LogP contribution in [0.5, 0.6) is 0 Å². The van der Waals surface area contributed by atoms with Crippen LogP contribution in [0.15, 0.2) is 57.8 Å². The molecule has 1 atom stereocenters. The van der Waals surface area contributed by atoms with Gasteiger partial charge in [0.05, 0.1) is 0 Å². The van der Waals surface area contributed by atoms with Crippen LogP contribution < -0.4 is 5.32 Å². The number of hydrogen-bond donors (Lipinski definition) is 1. The molecule has 0 aliphatic carbocycles. The van der Waals surface area contributed by atoms with E-state index >= 15 is 0 Å². The van der Waals surface area contributed by atoms with E-state index in [0.29, 0.717) is 30.6 Å². The Morgan fingerprint density at radius 3 is 2.67 bits per heavy atom. The number of ether oxygens (including phenoxy) is 1. The Morgan fingerprint density at radius 1 is 1.17 bits per heavy atom. The number of anilines is 1. The van der Waals surface area contributed by atoms with Gasteiger partial charge in [-0.3, -0.25) is 4.79 Å². The second-order valence-electron chi connectivity index (χ2n) is 6.90. The number of carbonyl (C=O) groups excluding carboxylic acids is 2. The second kappa shape index (κ2) is 7.86. The number of amidine groups is 1. The van der Waals surface area contributed by atoms with Crippen LogP contribution in [-0.4, -0.2) is 50.2 Å². The van der Waals surface area contributed by atoms with E-state index in [1.54, 1.807) is 23.1 Å². The molecule has 0 saturated carbocycles. The topological polar surface area (TPSA) is 105 Å². The molecule has 0 spiro atoms. The zero-order chi connectivity index (χ0) is 21.3. The molecule has 1 saturated heterocycles. The maximum Gasteiger partial charge on any atom is 0.329 e. The lowest BCUT2D eigenvalue weighted by Crippen LogP contribution is -2.42. The molecule has 8 nitrogen and oxygen atoms in total. The van der Waals surface area contributed by atoms with Gasteiger partial charge in [-0.05, 0) is 49.2 Å². The molecule has 4 rings (SSSR count). The van der Waals surface area contributed by atoms with Crippen molar-refractivity contribution in [1.29, 1.82) is 0 Å². The molecular weight excluding hydrogens is 413 g/mol. The van der Waals surface area contributed by atoms with Crippen LogP contribution in [0.3, 0.4) is 0 Å². The van der Waals surface area contributed by atoms with Gasteiger partial charge in [0.25, 0.3) is 15.9 Å². The summed E-state index contributed by atoms with van der Waals surface area (Å²) in [6.45, 7) is -0.0634. The van der Waals surface area contributed by atoms with Crippen LogP contribution in [0, 0.1) is 5.82 Å². The first kappa shape index (κ1) is 20.0. The maximum atomic E-state index is 12.9. The van der Waals surface area contributed by atoms with Crippen molar-refractivity contribution in [2.45, 2.75) is 23.8 Å². The second-order valence-corrected chi connectivity index (χ2v) is 8.47. The predicted molar refractivity (Wildman–Crippen MR) is 106 cm³/mol. The normalized spacial score (nSPS) is 19.2. The number of rotatable bonds is 4. The third-order valence-electron chi connectivity index (χ3n) is 4.88. The number of benzene rings is 2. The number of hydrogen-bond acceptors (Lipinski definition) is 6. The summed E-state index contributed by atoms with van der Waals surface area (Å²) in [7, 11) is -3.80. The first-order valence-corrected chi connectivity index (χ1v) is 10.7. The molecule has 2 aromatic rings. The summed E-state index contributed by atoms with van der Waals surface area (Å²) in [4.78, 5) is 26.3. The van der Waals surface area contributed by atoms with Gasteiger partial charge in [-0.2, -0.15) is 8.42 Å². The van der Waals surface area contributed by atoms with Gasteiger partial charge in [-0.1, -0.05) is 12.1 Å². The molecule has 0 unspecified atom stereocenters. The van der Waals surface area contributed by atoms with Crippen molar-refractivity contribution in [3.63, 3.8) is 0 Å². The van der Waals surface area contributed by atoms with E-state index < -0.39 is 40.4 Å². The number of fused-ring (bicyclic) bond motifs is 1. The van der Waals surface area contributed by atoms with Gasteiger partial charge >= 0.3 is 5.97 Å². The minimum atomic E-state index is -3.80. The average molecular weight is 431 g/mol. The fourth-order valence-corrected chi connectivity index (χ4v) is 4.74. The van der Waals surface area contributed by atoms with E-state index in [9.17, 15) is 22.4 Å². The first-order valence-electron chi connectivity index (χ1n) is 9.28. The van der Waals surface area contributed by atoms with Crippen LogP contribution in [0.2, 0.25) is 0 Å². The first-order chi connectivity index (χ1) is 14.3. The van der Waals surface area contributed by atoms with E-state index in [0.717, 1.165) is 0 Å². The van der Waals surface area contributed by atoms with Crippen molar-refractivity contribution >= 4 is 33.4 Å². The Morgan fingerprint density at radius 2 is 1.90 bits per heavy atom. The van der Waals surface area contributed by atoms with E-state index in [2.05, 4.69) is 9.71 Å². The van der Waals surface area contributed by atoms with Crippen molar-refractivity contribution in [2.24, 2.45) is 4.40 Å². The van der Waals surface area contributed by atoms with Crippen molar-refractivity contribution in [3.8, 4) is 0 Å². The van der Waals surface area contributed by atoms with Crippen LogP contribution in [0.1, 0.15) is 18.4 Å². The lowest BCUT2D eigenvalue weighted by molar-refractivity contribution is -0.150. The third-order valence-corrected chi connectivity index (χ3v) is 6.21. The molecule has 2 aliphatic rings. The molecular formula is C20H18FN3O5S. The number of carbonyl (C=O) groups is 2. The number of nitrogens with one attached hydrogen (secondary N) is 1. The number of halogens is 1. The summed E-state index contributed by atoms with van der Waals surface area (Å²) in [6, 6.07) is 10.9. The highest BCUT2D eigenvalue weighted by Gasteiger charge is 2.40. The summed E-state index contributed by atoms with van der Waals surface area (Å²) in [5.74, 6) is -1.41. The summed E-state index contributed by atoms with van der Waals surface area (Å²) in [5, 5.41) is 2.51. The zero-order valence-corrected chi connectivity index (χ0v) is 16.6. The largest absolute Gasteiger partial charge is 0.454 e. The van der Waals surface area contributed by atoms with E-state index in [1.165, 1.54) is 30.3 Å². The van der Waals surface area contributed by atoms with Crippen LogP contribution in [0.25, 0.3) is 0 Å². The van der Waals surface area contributed by atoms with Gasteiger partial charge < -0.3 is 15.0 Å². The molecule has 2 aromatic carbocycles. The van der Waals surface area contributed by atoms with Gasteiger partial charge in [0, 0.05) is 17.8 Å². The monoisotopic (exact) mass is 431 g/mol. The number of likely N-dealkylation sites (tertiary alicyclic amines) is 1. The van der Waals surface area contributed by atoms with Gasteiger partial charge in [0.15, 0.2) is 12.4 Å². The molecule has 0 aromatic heterocycles. The van der Waals surface area contributed by atoms with E-state index in [-0.39, 0.29) is 10.7 Å². The molecule has 0 radical (unpaired) electrons. The zero-order valence-electron chi connectivity index (χ0n) is 15.7. The standard InChI is InChI=1S/C20H18FN3O5S/c21-13-7-9-14(10-8-13)22-18(25)12-29-20(26)16-5-3-11-24(16)19-15-4-1-2-6-17(15)30(27,28)23-19/h1-2,4,6-10,16H,3,5,11-12H2,(H,22,25)/t16-/m1/s1. The lowest BCUT2D eigenvalue weighted by atomic mass is 10.1. The molecule has 2 aliphatic heterocycles. The third kappa shape index (κ3) is 3.90. The minimum absolute atomic E-state index is 0.109. The highest BCUT2D eigenvalue weighted by molar-refractivity contribution is 7.90. The summed E-state index contributed by atoms with van der Waals surface area (Å²) in [6.07, 6.45) is 1.11. The summed E-state index contributed by atoms with van der Waals surface area (Å²) in [5.41, 5.74) is 0.827. The Bertz CT molecular complexity index is 1130. The summed E-state index contributed by atoms with van der Waals surface area (Å²) < 4.78 is 46.5. The van der Waals surface area contributed by atoms with Gasteiger partial charge in [0.1, 0.15) is 16.8 Å². The van der Waals surface area contributed by atoms with E-state index in [1.807, 2.05) is 0 Å². The van der Waals surface area contributed by atoms with Crippen molar-refractivity contribution < 1.29 is 27.1 Å². The van der Waals surface area contributed by atoms with Crippen LogP contribution in [0.4, 0.5) is 10.1 Å². The number of amides is 1. The highest BCUT2D eigenvalue weighted by atomic mass is 32.2. The smallest absolute Gasteiger partial charge is 0.329 e. The van der Waals surface area contributed by atoms with Crippen molar-refractivity contribution in [2.75, 3.05) is 18.5 Å². The molecule has 1 N–H and O–H groups in total. The Balaban J connectivity index is 1.42. The SMILES string of the molecule is O=C(COC(=O)[C@H]1CCCN1C1=NS(=O)(=O)c2ccccc21)Nc1ccc(F)cc1. The van der Waals surface area contributed by atoms with Gasteiger partial charge in [-0.15, -0.1) is 4.40 Å². The van der Waals surface area contributed by atoms with Crippen LogP contribution in [-0.2, 0) is 24.3 Å².